The van der Waals surface area contributed by atoms with Crippen LogP contribution in [0.2, 0.25) is 5.02 Å². The van der Waals surface area contributed by atoms with Crippen LogP contribution < -0.4 is 5.32 Å². The van der Waals surface area contributed by atoms with Gasteiger partial charge in [0.2, 0.25) is 5.91 Å². The van der Waals surface area contributed by atoms with Crippen molar-refractivity contribution in [2.75, 3.05) is 32.7 Å². The van der Waals surface area contributed by atoms with Crippen LogP contribution in [-0.2, 0) is 4.79 Å². The van der Waals surface area contributed by atoms with Crippen molar-refractivity contribution in [1.82, 2.24) is 15.1 Å². The van der Waals surface area contributed by atoms with Crippen molar-refractivity contribution >= 4 is 23.4 Å². The van der Waals surface area contributed by atoms with Crippen LogP contribution in [0.4, 0.5) is 4.39 Å². The van der Waals surface area contributed by atoms with Crippen molar-refractivity contribution < 1.29 is 14.0 Å². The number of amides is 2. The third kappa shape index (κ3) is 5.70. The third-order valence-corrected chi connectivity index (χ3v) is 9.09. The molecule has 1 saturated carbocycles. The number of nitrogens with zero attached hydrogens (tertiary/aromatic N) is 2. The maximum absolute atomic E-state index is 14.3. The molecule has 0 aromatic heterocycles. The van der Waals surface area contributed by atoms with E-state index in [2.05, 4.69) is 29.3 Å². The predicted octanol–water partition coefficient (Wildman–Crippen LogP) is 5.70. The van der Waals surface area contributed by atoms with Gasteiger partial charge in [-0.3, -0.25) is 9.59 Å². The fourth-order valence-electron chi connectivity index (χ4n) is 6.51. The molecule has 2 aromatic rings. The van der Waals surface area contributed by atoms with Gasteiger partial charge in [0.25, 0.3) is 5.91 Å². The number of fused-ring (bicyclic) bond motifs is 1. The molecule has 2 amide bonds. The number of benzene rings is 2. The summed E-state index contributed by atoms with van der Waals surface area (Å²) in [5.41, 5.74) is 0.856. The summed E-state index contributed by atoms with van der Waals surface area (Å²) < 4.78 is 14.3. The summed E-state index contributed by atoms with van der Waals surface area (Å²) in [5, 5.41) is 3.57. The van der Waals surface area contributed by atoms with Crippen LogP contribution in [0.3, 0.4) is 0 Å². The van der Waals surface area contributed by atoms with E-state index in [0.717, 1.165) is 57.3 Å². The van der Waals surface area contributed by atoms with E-state index in [9.17, 15) is 14.0 Å². The van der Waals surface area contributed by atoms with Gasteiger partial charge in [-0.05, 0) is 48.8 Å². The molecular formula is C30H37ClFN3O2. The van der Waals surface area contributed by atoms with E-state index in [4.69, 9.17) is 11.6 Å². The van der Waals surface area contributed by atoms with Gasteiger partial charge in [0.05, 0.1) is 16.6 Å². The number of halogens is 2. The molecule has 198 valence electrons. The van der Waals surface area contributed by atoms with Crippen molar-refractivity contribution in [3.05, 3.63) is 70.5 Å². The first kappa shape index (κ1) is 26.2. The van der Waals surface area contributed by atoms with E-state index < -0.39 is 5.82 Å². The SMILES string of the molecule is CC1(C(=O)NC(CCN2CC3CN(C(=O)c4c(F)cccc4Cl)C[C@@H]3C2)c2ccccc2)CCCCC1. The molecule has 5 rings (SSSR count). The summed E-state index contributed by atoms with van der Waals surface area (Å²) in [4.78, 5) is 30.5. The molecule has 1 N–H and O–H groups in total. The van der Waals surface area contributed by atoms with E-state index in [1.54, 1.807) is 11.0 Å². The fraction of sp³-hybridized carbons (Fsp3) is 0.533. The number of nitrogens with one attached hydrogen (secondary N) is 1. The molecule has 7 heteroatoms. The monoisotopic (exact) mass is 525 g/mol. The largest absolute Gasteiger partial charge is 0.349 e. The second-order valence-electron chi connectivity index (χ2n) is 11.4. The Bertz CT molecular complexity index is 1090. The third-order valence-electron chi connectivity index (χ3n) is 8.77. The first-order chi connectivity index (χ1) is 17.8. The minimum atomic E-state index is -0.563. The lowest BCUT2D eigenvalue weighted by molar-refractivity contribution is -0.132. The van der Waals surface area contributed by atoms with Crippen molar-refractivity contribution in [3.8, 4) is 0 Å². The highest BCUT2D eigenvalue weighted by Crippen LogP contribution is 2.37. The average Bonchev–Trinajstić information content (AvgIpc) is 3.46. The Hall–Kier alpha value is -2.44. The summed E-state index contributed by atoms with van der Waals surface area (Å²) in [5.74, 6) is 0.0560. The Morgan fingerprint density at radius 2 is 1.68 bits per heavy atom. The second kappa shape index (κ2) is 11.1. The molecule has 3 aliphatic rings. The van der Waals surface area contributed by atoms with Crippen molar-refractivity contribution in [2.45, 2.75) is 51.5 Å². The smallest absolute Gasteiger partial charge is 0.258 e. The molecule has 2 saturated heterocycles. The van der Waals surface area contributed by atoms with E-state index in [-0.39, 0.29) is 33.9 Å². The Labute approximate surface area is 224 Å². The summed E-state index contributed by atoms with van der Waals surface area (Å²) in [6, 6.07) is 14.6. The zero-order valence-electron chi connectivity index (χ0n) is 21.6. The summed E-state index contributed by atoms with van der Waals surface area (Å²) in [6.07, 6.45) is 6.24. The zero-order chi connectivity index (χ0) is 26.0. The highest BCUT2D eigenvalue weighted by atomic mass is 35.5. The lowest BCUT2D eigenvalue weighted by Gasteiger charge is -2.34. The number of hydrogen-bond donors (Lipinski definition) is 1. The summed E-state index contributed by atoms with van der Waals surface area (Å²) >= 11 is 6.14. The first-order valence-corrected chi connectivity index (χ1v) is 14.0. The normalized spacial score (nSPS) is 24.0. The van der Waals surface area contributed by atoms with Crippen molar-refractivity contribution in [1.29, 1.82) is 0 Å². The molecule has 2 unspecified atom stereocenters. The maximum Gasteiger partial charge on any atom is 0.258 e. The van der Waals surface area contributed by atoms with Crippen molar-refractivity contribution in [3.63, 3.8) is 0 Å². The zero-order valence-corrected chi connectivity index (χ0v) is 22.4. The molecule has 0 spiro atoms. The quantitative estimate of drug-likeness (QED) is 0.504. The van der Waals surface area contributed by atoms with Gasteiger partial charge in [0.1, 0.15) is 5.82 Å². The minimum absolute atomic E-state index is 0.0193. The van der Waals surface area contributed by atoms with Gasteiger partial charge in [0.15, 0.2) is 0 Å². The molecule has 5 nitrogen and oxygen atoms in total. The van der Waals surface area contributed by atoms with Gasteiger partial charge in [-0.1, -0.05) is 74.2 Å². The van der Waals surface area contributed by atoms with Gasteiger partial charge >= 0.3 is 0 Å². The van der Waals surface area contributed by atoms with Crippen LogP contribution in [0.15, 0.2) is 48.5 Å². The number of carbonyl (C=O) groups is 2. The highest BCUT2D eigenvalue weighted by molar-refractivity contribution is 6.33. The lowest BCUT2D eigenvalue weighted by Crippen LogP contribution is -2.42. The van der Waals surface area contributed by atoms with Gasteiger partial charge in [0, 0.05) is 38.1 Å². The molecule has 0 radical (unpaired) electrons. The molecule has 3 atom stereocenters. The Balaban J connectivity index is 1.18. The molecule has 37 heavy (non-hydrogen) atoms. The topological polar surface area (TPSA) is 52.7 Å². The van der Waals surface area contributed by atoms with E-state index in [1.165, 1.54) is 18.6 Å². The Morgan fingerprint density at radius 3 is 2.32 bits per heavy atom. The molecule has 0 bridgehead atoms. The lowest BCUT2D eigenvalue weighted by atomic mass is 9.75. The molecule has 2 aromatic carbocycles. The predicted molar refractivity (Wildman–Crippen MR) is 144 cm³/mol. The number of hydrogen-bond acceptors (Lipinski definition) is 3. The number of rotatable bonds is 7. The Morgan fingerprint density at radius 1 is 1.00 bits per heavy atom. The highest BCUT2D eigenvalue weighted by Gasteiger charge is 2.42. The molecule has 2 heterocycles. The van der Waals surface area contributed by atoms with Crippen molar-refractivity contribution in [2.24, 2.45) is 17.3 Å². The van der Waals surface area contributed by atoms with Crippen LogP contribution in [0.25, 0.3) is 0 Å². The van der Waals surface area contributed by atoms with E-state index in [1.807, 2.05) is 18.2 Å². The summed E-state index contributed by atoms with van der Waals surface area (Å²) in [7, 11) is 0. The maximum atomic E-state index is 14.3. The van der Waals surface area contributed by atoms with Crippen LogP contribution in [0.1, 0.15) is 67.4 Å². The van der Waals surface area contributed by atoms with Crippen LogP contribution >= 0.6 is 11.6 Å². The molecular weight excluding hydrogens is 489 g/mol. The van der Waals surface area contributed by atoms with Crippen LogP contribution in [0.5, 0.6) is 0 Å². The standard InChI is InChI=1S/C30H37ClFN3O2/c1-30(14-6-3-7-15-30)29(37)33-26(21-9-4-2-5-10-21)13-16-34-17-22-19-35(20-23(22)18-34)28(36)27-24(31)11-8-12-25(27)32/h2,4-5,8-12,22-23,26H,3,6-7,13-20H2,1H3,(H,33,37)/t22-,23?,26?/m0/s1. The summed E-state index contributed by atoms with van der Waals surface area (Å²) in [6.45, 7) is 6.08. The fourth-order valence-corrected chi connectivity index (χ4v) is 6.75. The minimum Gasteiger partial charge on any atom is -0.349 e. The van der Waals surface area contributed by atoms with Crippen LogP contribution in [0, 0.1) is 23.1 Å². The Kier molecular flexibility index (Phi) is 7.87. The molecule has 2 aliphatic heterocycles. The van der Waals surface area contributed by atoms with Gasteiger partial charge in [-0.25, -0.2) is 4.39 Å². The van der Waals surface area contributed by atoms with E-state index >= 15 is 0 Å². The van der Waals surface area contributed by atoms with Gasteiger partial charge in [-0.2, -0.15) is 0 Å². The molecule has 1 aliphatic carbocycles. The van der Waals surface area contributed by atoms with Gasteiger partial charge < -0.3 is 15.1 Å². The average molecular weight is 526 g/mol. The number of likely N-dealkylation sites (tertiary alicyclic amines) is 2. The van der Waals surface area contributed by atoms with E-state index in [0.29, 0.717) is 24.9 Å². The molecule has 3 fully saturated rings. The number of carbonyl (C=O) groups excluding carboxylic acids is 2. The van der Waals surface area contributed by atoms with Gasteiger partial charge in [-0.15, -0.1) is 0 Å². The second-order valence-corrected chi connectivity index (χ2v) is 11.8. The first-order valence-electron chi connectivity index (χ1n) is 13.7. The van der Waals surface area contributed by atoms with Crippen LogP contribution in [-0.4, -0.2) is 54.3 Å².